The summed E-state index contributed by atoms with van der Waals surface area (Å²) in [4.78, 5) is 14.4. The Hall–Kier alpha value is -2.33. The van der Waals surface area contributed by atoms with Crippen molar-refractivity contribution in [3.05, 3.63) is 65.7 Å². The molecule has 120 valence electrons. The minimum atomic E-state index is 0.0907. The first-order valence-corrected chi connectivity index (χ1v) is 8.02. The lowest BCUT2D eigenvalue weighted by molar-refractivity contribution is 0.0709. The highest BCUT2D eigenvalue weighted by Crippen LogP contribution is 2.16. The lowest BCUT2D eigenvalue weighted by Crippen LogP contribution is -2.51. The predicted molar refractivity (Wildman–Crippen MR) is 90.6 cm³/mol. The standard InChI is InChI=1S/C19H22N2O2/c1-15-13-21(12-11-20-15)19(22)17-7-9-18(10-8-17)23-14-16-5-3-2-4-6-16/h2-10,15,20H,11-14H2,1H3/t15-/m0/s1. The van der Waals surface area contributed by atoms with Crippen LogP contribution < -0.4 is 10.1 Å². The van der Waals surface area contributed by atoms with Crippen molar-refractivity contribution in [3.63, 3.8) is 0 Å². The summed E-state index contributed by atoms with van der Waals surface area (Å²) in [7, 11) is 0. The van der Waals surface area contributed by atoms with Crippen LogP contribution in [0.3, 0.4) is 0 Å². The molecule has 3 rings (SSSR count). The van der Waals surface area contributed by atoms with E-state index in [2.05, 4.69) is 12.2 Å². The van der Waals surface area contributed by atoms with Gasteiger partial charge in [0.05, 0.1) is 0 Å². The van der Waals surface area contributed by atoms with Crippen LogP contribution in [-0.4, -0.2) is 36.5 Å². The highest BCUT2D eigenvalue weighted by Gasteiger charge is 2.21. The normalized spacial score (nSPS) is 17.8. The summed E-state index contributed by atoms with van der Waals surface area (Å²) in [5, 5.41) is 3.35. The summed E-state index contributed by atoms with van der Waals surface area (Å²) in [5.41, 5.74) is 1.84. The second-order valence-corrected chi connectivity index (χ2v) is 5.90. The Labute approximate surface area is 137 Å². The van der Waals surface area contributed by atoms with Crippen LogP contribution in [0.15, 0.2) is 54.6 Å². The fraction of sp³-hybridized carbons (Fsp3) is 0.316. The van der Waals surface area contributed by atoms with Gasteiger partial charge >= 0.3 is 0 Å². The van der Waals surface area contributed by atoms with Gasteiger partial charge in [0.25, 0.3) is 5.91 Å². The molecule has 23 heavy (non-hydrogen) atoms. The monoisotopic (exact) mass is 310 g/mol. The molecule has 1 amide bonds. The Morgan fingerprint density at radius 1 is 1.17 bits per heavy atom. The van der Waals surface area contributed by atoms with Crippen molar-refractivity contribution < 1.29 is 9.53 Å². The van der Waals surface area contributed by atoms with Crippen LogP contribution in [0.5, 0.6) is 5.75 Å². The fourth-order valence-electron chi connectivity index (χ4n) is 2.73. The Morgan fingerprint density at radius 2 is 1.91 bits per heavy atom. The SMILES string of the molecule is C[C@H]1CN(C(=O)c2ccc(OCc3ccccc3)cc2)CCN1. The third-order valence-electron chi connectivity index (χ3n) is 4.01. The summed E-state index contributed by atoms with van der Waals surface area (Å²) in [6.07, 6.45) is 0. The minimum Gasteiger partial charge on any atom is -0.489 e. The van der Waals surface area contributed by atoms with E-state index in [1.165, 1.54) is 0 Å². The molecule has 0 radical (unpaired) electrons. The molecule has 0 bridgehead atoms. The van der Waals surface area contributed by atoms with Gasteiger partial charge in [0.2, 0.25) is 0 Å². The molecule has 1 N–H and O–H groups in total. The van der Waals surface area contributed by atoms with Gasteiger partial charge in [-0.15, -0.1) is 0 Å². The largest absolute Gasteiger partial charge is 0.489 e. The molecule has 1 fully saturated rings. The first-order valence-electron chi connectivity index (χ1n) is 8.02. The maximum absolute atomic E-state index is 12.5. The summed E-state index contributed by atoms with van der Waals surface area (Å²) in [5.74, 6) is 0.868. The van der Waals surface area contributed by atoms with Gasteiger partial charge in [0, 0.05) is 31.2 Å². The van der Waals surface area contributed by atoms with E-state index in [0.29, 0.717) is 18.2 Å². The second-order valence-electron chi connectivity index (χ2n) is 5.90. The molecule has 0 saturated carbocycles. The number of carbonyl (C=O) groups excluding carboxylic acids is 1. The molecule has 0 aliphatic carbocycles. The molecular formula is C19H22N2O2. The molecule has 2 aromatic rings. The number of amides is 1. The molecular weight excluding hydrogens is 288 g/mol. The number of hydrogen-bond donors (Lipinski definition) is 1. The average Bonchev–Trinajstić information content (AvgIpc) is 2.61. The maximum Gasteiger partial charge on any atom is 0.253 e. The Bertz CT molecular complexity index is 640. The van der Waals surface area contributed by atoms with Gasteiger partial charge in [0.1, 0.15) is 12.4 Å². The van der Waals surface area contributed by atoms with Gasteiger partial charge in [-0.3, -0.25) is 4.79 Å². The van der Waals surface area contributed by atoms with Crippen LogP contribution in [0, 0.1) is 0 Å². The molecule has 1 aliphatic rings. The summed E-state index contributed by atoms with van der Waals surface area (Å²) >= 11 is 0. The summed E-state index contributed by atoms with van der Waals surface area (Å²) in [6, 6.07) is 17.8. The molecule has 1 aliphatic heterocycles. The molecule has 0 aromatic heterocycles. The number of nitrogens with zero attached hydrogens (tertiary/aromatic N) is 1. The van der Waals surface area contributed by atoms with Crippen LogP contribution >= 0.6 is 0 Å². The fourth-order valence-corrected chi connectivity index (χ4v) is 2.73. The van der Waals surface area contributed by atoms with E-state index < -0.39 is 0 Å². The number of carbonyl (C=O) groups is 1. The molecule has 4 heteroatoms. The summed E-state index contributed by atoms with van der Waals surface area (Å²) < 4.78 is 5.75. The Kier molecular flexibility index (Phi) is 4.93. The van der Waals surface area contributed by atoms with Crippen molar-refractivity contribution >= 4 is 5.91 Å². The smallest absolute Gasteiger partial charge is 0.253 e. The summed E-state index contributed by atoms with van der Waals surface area (Å²) in [6.45, 7) is 5.00. The van der Waals surface area contributed by atoms with Gasteiger partial charge in [-0.05, 0) is 36.8 Å². The first kappa shape index (κ1) is 15.6. The minimum absolute atomic E-state index is 0.0907. The van der Waals surface area contributed by atoms with Crippen molar-refractivity contribution in [2.45, 2.75) is 19.6 Å². The van der Waals surface area contributed by atoms with E-state index in [1.54, 1.807) is 0 Å². The number of piperazine rings is 1. The predicted octanol–water partition coefficient (Wildman–Crippen LogP) is 2.70. The van der Waals surface area contributed by atoms with Gasteiger partial charge in [-0.25, -0.2) is 0 Å². The molecule has 1 heterocycles. The number of hydrogen-bond acceptors (Lipinski definition) is 3. The lowest BCUT2D eigenvalue weighted by Gasteiger charge is -2.32. The van der Waals surface area contributed by atoms with Crippen LogP contribution in [0.2, 0.25) is 0 Å². The van der Waals surface area contributed by atoms with Gasteiger partial charge < -0.3 is 15.0 Å². The highest BCUT2D eigenvalue weighted by atomic mass is 16.5. The van der Waals surface area contributed by atoms with E-state index in [4.69, 9.17) is 4.74 Å². The zero-order valence-electron chi connectivity index (χ0n) is 13.4. The highest BCUT2D eigenvalue weighted by molar-refractivity contribution is 5.94. The molecule has 2 aromatic carbocycles. The third-order valence-corrected chi connectivity index (χ3v) is 4.01. The maximum atomic E-state index is 12.5. The Balaban J connectivity index is 1.59. The van der Waals surface area contributed by atoms with Gasteiger partial charge in [-0.1, -0.05) is 30.3 Å². The van der Waals surface area contributed by atoms with E-state index in [-0.39, 0.29) is 5.91 Å². The van der Waals surface area contributed by atoms with Crippen molar-refractivity contribution in [2.24, 2.45) is 0 Å². The van der Waals surface area contributed by atoms with E-state index in [9.17, 15) is 4.79 Å². The number of rotatable bonds is 4. The Morgan fingerprint density at radius 3 is 2.61 bits per heavy atom. The molecule has 1 saturated heterocycles. The zero-order chi connectivity index (χ0) is 16.1. The van der Waals surface area contributed by atoms with E-state index in [0.717, 1.165) is 30.9 Å². The molecule has 4 nitrogen and oxygen atoms in total. The molecule has 0 unspecified atom stereocenters. The van der Waals surface area contributed by atoms with Crippen LogP contribution in [0.4, 0.5) is 0 Å². The van der Waals surface area contributed by atoms with Crippen molar-refractivity contribution in [1.29, 1.82) is 0 Å². The first-order chi connectivity index (χ1) is 11.2. The lowest BCUT2D eigenvalue weighted by atomic mass is 10.1. The number of nitrogens with one attached hydrogen (secondary N) is 1. The van der Waals surface area contributed by atoms with Crippen LogP contribution in [-0.2, 0) is 6.61 Å². The molecule has 0 spiro atoms. The van der Waals surface area contributed by atoms with Crippen molar-refractivity contribution in [1.82, 2.24) is 10.2 Å². The van der Waals surface area contributed by atoms with E-state index >= 15 is 0 Å². The number of ether oxygens (including phenoxy) is 1. The quantitative estimate of drug-likeness (QED) is 0.944. The zero-order valence-corrected chi connectivity index (χ0v) is 13.4. The van der Waals surface area contributed by atoms with Crippen molar-refractivity contribution in [3.8, 4) is 5.75 Å². The molecule has 1 atom stereocenters. The van der Waals surface area contributed by atoms with Crippen molar-refractivity contribution in [2.75, 3.05) is 19.6 Å². The van der Waals surface area contributed by atoms with Crippen LogP contribution in [0.25, 0.3) is 0 Å². The number of benzene rings is 2. The average molecular weight is 310 g/mol. The second kappa shape index (κ2) is 7.29. The van der Waals surface area contributed by atoms with E-state index in [1.807, 2.05) is 59.5 Å². The van der Waals surface area contributed by atoms with Gasteiger partial charge in [0.15, 0.2) is 0 Å². The third kappa shape index (κ3) is 4.11. The van der Waals surface area contributed by atoms with Gasteiger partial charge in [-0.2, -0.15) is 0 Å². The topological polar surface area (TPSA) is 41.6 Å². The van der Waals surface area contributed by atoms with Crippen LogP contribution in [0.1, 0.15) is 22.8 Å².